The van der Waals surface area contributed by atoms with Crippen LogP contribution in [0.5, 0.6) is 5.75 Å². The Balaban J connectivity index is 2.56. The molecule has 6 heteroatoms. The number of pyridine rings is 1. The predicted molar refractivity (Wildman–Crippen MR) is 83.5 cm³/mol. The van der Waals surface area contributed by atoms with Crippen LogP contribution < -0.4 is 4.74 Å². The maximum Gasteiger partial charge on any atom is 0.192 e. The van der Waals surface area contributed by atoms with Crippen molar-refractivity contribution in [1.29, 1.82) is 5.26 Å². The van der Waals surface area contributed by atoms with Crippen molar-refractivity contribution < 1.29 is 14.3 Å². The summed E-state index contributed by atoms with van der Waals surface area (Å²) in [6.45, 7) is 11.6. The third kappa shape index (κ3) is 4.81. The molecule has 0 aromatic carbocycles. The molecule has 21 heavy (non-hydrogen) atoms. The number of hydrogen-bond donors (Lipinski definition) is 1. The van der Waals surface area contributed by atoms with Crippen molar-refractivity contribution >= 4 is 8.32 Å². The largest absolute Gasteiger partial charge is 0.488 e. The van der Waals surface area contributed by atoms with Crippen LogP contribution in [0.15, 0.2) is 12.3 Å². The summed E-state index contributed by atoms with van der Waals surface area (Å²) in [6.07, 6.45) is 1.47. The fourth-order valence-electron chi connectivity index (χ4n) is 1.44. The minimum Gasteiger partial charge on any atom is -0.488 e. The second-order valence-corrected chi connectivity index (χ2v) is 11.2. The predicted octanol–water partition coefficient (Wildman–Crippen LogP) is 2.85. The zero-order valence-corrected chi connectivity index (χ0v) is 14.4. The summed E-state index contributed by atoms with van der Waals surface area (Å²) >= 11 is 0. The number of nitriles is 1. The van der Waals surface area contributed by atoms with Gasteiger partial charge in [-0.1, -0.05) is 20.8 Å². The molecule has 0 atom stereocenters. The average molecular weight is 308 g/mol. The molecular formula is C15H24N2O3Si. The summed E-state index contributed by atoms with van der Waals surface area (Å²) in [6, 6.07) is 3.58. The highest BCUT2D eigenvalue weighted by Crippen LogP contribution is 2.36. The van der Waals surface area contributed by atoms with E-state index in [1.54, 1.807) is 0 Å². The fraction of sp³-hybridized carbons (Fsp3) is 0.600. The summed E-state index contributed by atoms with van der Waals surface area (Å²) in [4.78, 5) is 4.01. The first-order valence-electron chi connectivity index (χ1n) is 6.98. The first-order chi connectivity index (χ1) is 9.71. The molecule has 1 aromatic heterocycles. The highest BCUT2D eigenvalue weighted by atomic mass is 28.4. The lowest BCUT2D eigenvalue weighted by molar-refractivity contribution is 0.202. The Morgan fingerprint density at radius 2 is 2.00 bits per heavy atom. The van der Waals surface area contributed by atoms with Crippen LogP contribution in [0, 0.1) is 11.3 Å². The third-order valence-corrected chi connectivity index (χ3v) is 8.35. The monoisotopic (exact) mass is 308 g/mol. The smallest absolute Gasteiger partial charge is 0.192 e. The minimum absolute atomic E-state index is 0.162. The van der Waals surface area contributed by atoms with E-state index in [4.69, 9.17) is 19.5 Å². The lowest BCUT2D eigenvalue weighted by Crippen LogP contribution is -2.41. The molecular weight excluding hydrogens is 284 g/mol. The van der Waals surface area contributed by atoms with Gasteiger partial charge >= 0.3 is 0 Å². The van der Waals surface area contributed by atoms with Gasteiger partial charge in [-0.25, -0.2) is 0 Å². The van der Waals surface area contributed by atoms with Gasteiger partial charge in [0.1, 0.15) is 12.7 Å². The summed E-state index contributed by atoms with van der Waals surface area (Å²) in [5.41, 5.74) is 0.831. The molecule has 0 aliphatic rings. The Hall–Kier alpha value is -1.42. The molecule has 1 heterocycles. The van der Waals surface area contributed by atoms with Crippen LogP contribution in [0.3, 0.4) is 0 Å². The topological polar surface area (TPSA) is 75.4 Å². The molecule has 1 rings (SSSR count). The van der Waals surface area contributed by atoms with Crippen LogP contribution in [-0.2, 0) is 11.0 Å². The van der Waals surface area contributed by atoms with E-state index in [-0.39, 0.29) is 11.6 Å². The van der Waals surface area contributed by atoms with Gasteiger partial charge in [0.25, 0.3) is 0 Å². The van der Waals surface area contributed by atoms with E-state index in [0.29, 0.717) is 30.2 Å². The SMILES string of the molecule is CC(C)(C)[Si](C)(C)OCCOc1cnc(CO)cc1C#N. The average Bonchev–Trinajstić information content (AvgIpc) is 2.42. The van der Waals surface area contributed by atoms with Crippen molar-refractivity contribution in [2.45, 2.75) is 45.5 Å². The van der Waals surface area contributed by atoms with Gasteiger partial charge in [0.05, 0.1) is 30.7 Å². The molecule has 0 saturated heterocycles. The van der Waals surface area contributed by atoms with E-state index >= 15 is 0 Å². The Morgan fingerprint density at radius 1 is 1.33 bits per heavy atom. The lowest BCUT2D eigenvalue weighted by atomic mass is 10.2. The molecule has 0 aliphatic carbocycles. The van der Waals surface area contributed by atoms with Gasteiger partial charge in [-0.15, -0.1) is 0 Å². The molecule has 1 aromatic rings. The molecule has 0 radical (unpaired) electrons. The Labute approximate surface area is 127 Å². The van der Waals surface area contributed by atoms with Gasteiger partial charge in [0.2, 0.25) is 0 Å². The highest BCUT2D eigenvalue weighted by molar-refractivity contribution is 6.74. The first-order valence-corrected chi connectivity index (χ1v) is 9.89. The van der Waals surface area contributed by atoms with E-state index in [1.807, 2.05) is 6.07 Å². The Kier molecular flexibility index (Phi) is 5.90. The minimum atomic E-state index is -1.77. The van der Waals surface area contributed by atoms with Crippen LogP contribution >= 0.6 is 0 Å². The van der Waals surface area contributed by atoms with Crippen LogP contribution in [0.1, 0.15) is 32.0 Å². The zero-order valence-electron chi connectivity index (χ0n) is 13.4. The molecule has 1 N–H and O–H groups in total. The van der Waals surface area contributed by atoms with Gasteiger partial charge in [-0.2, -0.15) is 5.26 Å². The first kappa shape index (κ1) is 17.6. The fourth-order valence-corrected chi connectivity index (χ4v) is 2.47. The van der Waals surface area contributed by atoms with Gasteiger partial charge < -0.3 is 14.3 Å². The second kappa shape index (κ2) is 7.03. The van der Waals surface area contributed by atoms with Crippen molar-refractivity contribution in [1.82, 2.24) is 4.98 Å². The number of nitrogens with zero attached hydrogens (tertiary/aromatic N) is 2. The molecule has 5 nitrogen and oxygen atoms in total. The summed E-state index contributed by atoms with van der Waals surface area (Å²) < 4.78 is 11.6. The molecule has 116 valence electrons. The Bertz CT molecular complexity index is 519. The highest BCUT2D eigenvalue weighted by Gasteiger charge is 2.36. The van der Waals surface area contributed by atoms with E-state index in [1.165, 1.54) is 12.3 Å². The van der Waals surface area contributed by atoms with E-state index in [9.17, 15) is 0 Å². The number of aliphatic hydroxyl groups is 1. The van der Waals surface area contributed by atoms with Crippen molar-refractivity contribution in [2.75, 3.05) is 13.2 Å². The van der Waals surface area contributed by atoms with E-state index in [0.717, 1.165) is 0 Å². The van der Waals surface area contributed by atoms with Gasteiger partial charge in [0, 0.05) is 0 Å². The summed E-state index contributed by atoms with van der Waals surface area (Å²) in [5, 5.41) is 18.2. The summed E-state index contributed by atoms with van der Waals surface area (Å²) in [7, 11) is -1.77. The van der Waals surface area contributed by atoms with Crippen molar-refractivity contribution in [2.24, 2.45) is 0 Å². The molecule has 0 aliphatic heterocycles. The maximum absolute atomic E-state index is 9.07. The lowest BCUT2D eigenvalue weighted by Gasteiger charge is -2.36. The van der Waals surface area contributed by atoms with Crippen LogP contribution in [-0.4, -0.2) is 31.6 Å². The van der Waals surface area contributed by atoms with Crippen molar-refractivity contribution in [3.05, 3.63) is 23.5 Å². The normalized spacial score (nSPS) is 12.0. The van der Waals surface area contributed by atoms with Crippen molar-refractivity contribution in [3.8, 4) is 11.8 Å². The summed E-state index contributed by atoms with van der Waals surface area (Å²) in [5.74, 6) is 0.425. The van der Waals surface area contributed by atoms with Crippen molar-refractivity contribution in [3.63, 3.8) is 0 Å². The maximum atomic E-state index is 9.07. The second-order valence-electron chi connectivity index (χ2n) is 6.40. The molecule has 0 bridgehead atoms. The van der Waals surface area contributed by atoms with Gasteiger partial charge in [-0.05, 0) is 24.2 Å². The number of ether oxygens (including phenoxy) is 1. The number of aromatic nitrogens is 1. The third-order valence-electron chi connectivity index (χ3n) is 3.82. The van der Waals surface area contributed by atoms with E-state index in [2.05, 4.69) is 38.8 Å². The van der Waals surface area contributed by atoms with E-state index < -0.39 is 8.32 Å². The van der Waals surface area contributed by atoms with Gasteiger partial charge in [0.15, 0.2) is 14.1 Å². The number of hydrogen-bond acceptors (Lipinski definition) is 5. The molecule has 0 amide bonds. The quantitative estimate of drug-likeness (QED) is 0.646. The number of aliphatic hydroxyl groups excluding tert-OH is 1. The van der Waals surface area contributed by atoms with Crippen LogP contribution in [0.4, 0.5) is 0 Å². The molecule has 0 spiro atoms. The molecule has 0 unspecified atom stereocenters. The Morgan fingerprint density at radius 3 is 2.52 bits per heavy atom. The van der Waals surface area contributed by atoms with Crippen LogP contribution in [0.2, 0.25) is 18.1 Å². The zero-order chi connectivity index (χ0) is 16.1. The number of rotatable bonds is 6. The van der Waals surface area contributed by atoms with Crippen LogP contribution in [0.25, 0.3) is 0 Å². The molecule has 0 fully saturated rings. The van der Waals surface area contributed by atoms with Gasteiger partial charge in [-0.3, -0.25) is 4.98 Å². The standard InChI is InChI=1S/C15H24N2O3Si/c1-15(2,3)21(4,5)20-7-6-19-14-10-17-13(11-18)8-12(14)9-16/h8,10,18H,6-7,11H2,1-5H3. The molecule has 0 saturated carbocycles.